The predicted octanol–water partition coefficient (Wildman–Crippen LogP) is -0.142. The molecule has 0 bridgehead atoms. The molecule has 0 aliphatic rings. The molecule has 76 valence electrons. The zero-order valence-corrected chi connectivity index (χ0v) is 8.03. The smallest absolute Gasteiger partial charge is 0.323 e. The van der Waals surface area contributed by atoms with Gasteiger partial charge in [0.15, 0.2) is 0 Å². The third-order valence-electron chi connectivity index (χ3n) is 1.59. The van der Waals surface area contributed by atoms with Crippen molar-refractivity contribution in [3.63, 3.8) is 0 Å². The van der Waals surface area contributed by atoms with Gasteiger partial charge < -0.3 is 9.84 Å². The topological polar surface area (TPSA) is 75.6 Å². The van der Waals surface area contributed by atoms with Crippen molar-refractivity contribution in [2.24, 2.45) is 5.92 Å². The number of carboxylic acids is 1. The maximum absolute atomic E-state index is 11.1. The molecule has 2 N–H and O–H groups in total. The average Bonchev–Trinajstić information content (AvgIpc) is 2.03. The van der Waals surface area contributed by atoms with Crippen molar-refractivity contribution in [1.82, 2.24) is 5.32 Å². The Labute approximate surface area is 77.1 Å². The highest BCUT2D eigenvalue weighted by atomic mass is 16.5. The van der Waals surface area contributed by atoms with Crippen molar-refractivity contribution < 1.29 is 19.4 Å². The fourth-order valence-corrected chi connectivity index (χ4v) is 0.915. The molecular weight excluding hydrogens is 174 g/mol. The van der Waals surface area contributed by atoms with Crippen molar-refractivity contribution in [2.75, 3.05) is 13.7 Å². The van der Waals surface area contributed by atoms with Gasteiger partial charge in [-0.2, -0.15) is 0 Å². The van der Waals surface area contributed by atoms with Crippen LogP contribution in [0, 0.1) is 5.92 Å². The molecule has 0 saturated heterocycles. The summed E-state index contributed by atoms with van der Waals surface area (Å²) in [5, 5.41) is 11.0. The molecule has 0 heterocycles. The molecule has 0 spiro atoms. The minimum absolute atomic E-state index is 0.00630. The number of hydrogen-bond acceptors (Lipinski definition) is 4. The van der Waals surface area contributed by atoms with Gasteiger partial charge in [-0.15, -0.1) is 0 Å². The highest BCUT2D eigenvalue weighted by molar-refractivity contribution is 5.77. The maximum atomic E-state index is 11.1. The lowest BCUT2D eigenvalue weighted by Crippen LogP contribution is -2.43. The average molecular weight is 189 g/mol. The number of carbonyl (C=O) groups excluding carboxylic acids is 1. The summed E-state index contributed by atoms with van der Waals surface area (Å²) in [4.78, 5) is 21.3. The molecule has 0 rings (SSSR count). The molecule has 0 fully saturated rings. The Balaban J connectivity index is 4.10. The lowest BCUT2D eigenvalue weighted by molar-refractivity contribution is -0.144. The molecule has 0 aliphatic carbocycles. The van der Waals surface area contributed by atoms with E-state index in [1.54, 1.807) is 0 Å². The SMILES string of the molecule is COC(=O)[C@@H](NCC(=O)O)C(C)C. The van der Waals surface area contributed by atoms with Crippen molar-refractivity contribution in [3.05, 3.63) is 0 Å². The highest BCUT2D eigenvalue weighted by Gasteiger charge is 2.22. The van der Waals surface area contributed by atoms with E-state index < -0.39 is 18.0 Å². The Morgan fingerprint density at radius 3 is 2.31 bits per heavy atom. The first-order valence-electron chi connectivity index (χ1n) is 4.02. The number of rotatable bonds is 5. The molecule has 13 heavy (non-hydrogen) atoms. The predicted molar refractivity (Wildman–Crippen MR) is 46.3 cm³/mol. The molecule has 0 aromatic rings. The van der Waals surface area contributed by atoms with Gasteiger partial charge in [-0.25, -0.2) is 0 Å². The van der Waals surface area contributed by atoms with E-state index in [9.17, 15) is 9.59 Å². The zero-order chi connectivity index (χ0) is 10.4. The lowest BCUT2D eigenvalue weighted by atomic mass is 10.1. The number of hydrogen-bond donors (Lipinski definition) is 2. The summed E-state index contributed by atoms with van der Waals surface area (Å²) in [7, 11) is 1.28. The Morgan fingerprint density at radius 1 is 1.46 bits per heavy atom. The maximum Gasteiger partial charge on any atom is 0.323 e. The number of esters is 1. The Morgan fingerprint density at radius 2 is 2.00 bits per heavy atom. The van der Waals surface area contributed by atoms with Gasteiger partial charge in [0.2, 0.25) is 0 Å². The molecule has 0 unspecified atom stereocenters. The monoisotopic (exact) mass is 189 g/mol. The van der Waals surface area contributed by atoms with E-state index >= 15 is 0 Å². The summed E-state index contributed by atoms with van der Waals surface area (Å²) in [6, 6.07) is -0.555. The molecule has 0 amide bonds. The Kier molecular flexibility index (Phi) is 5.06. The Hall–Kier alpha value is -1.10. The zero-order valence-electron chi connectivity index (χ0n) is 8.03. The van der Waals surface area contributed by atoms with Crippen LogP contribution in [0.4, 0.5) is 0 Å². The van der Waals surface area contributed by atoms with Gasteiger partial charge in [-0.1, -0.05) is 13.8 Å². The van der Waals surface area contributed by atoms with Crippen LogP contribution in [0.25, 0.3) is 0 Å². The van der Waals surface area contributed by atoms with E-state index in [2.05, 4.69) is 10.1 Å². The van der Waals surface area contributed by atoms with Gasteiger partial charge in [0.1, 0.15) is 6.04 Å². The summed E-state index contributed by atoms with van der Waals surface area (Å²) in [6.07, 6.45) is 0. The van der Waals surface area contributed by atoms with Gasteiger partial charge in [0.05, 0.1) is 13.7 Å². The van der Waals surface area contributed by atoms with Crippen LogP contribution in [-0.2, 0) is 14.3 Å². The summed E-state index contributed by atoms with van der Waals surface area (Å²) in [5.41, 5.74) is 0. The van der Waals surface area contributed by atoms with Gasteiger partial charge in [-0.05, 0) is 5.92 Å². The molecule has 0 saturated carbocycles. The van der Waals surface area contributed by atoms with E-state index in [1.165, 1.54) is 7.11 Å². The van der Waals surface area contributed by atoms with Gasteiger partial charge >= 0.3 is 11.9 Å². The fourth-order valence-electron chi connectivity index (χ4n) is 0.915. The highest BCUT2D eigenvalue weighted by Crippen LogP contribution is 2.02. The van der Waals surface area contributed by atoms with Crippen LogP contribution in [0.1, 0.15) is 13.8 Å². The van der Waals surface area contributed by atoms with Crippen LogP contribution in [0.5, 0.6) is 0 Å². The van der Waals surface area contributed by atoms with E-state index in [0.29, 0.717) is 0 Å². The van der Waals surface area contributed by atoms with Crippen LogP contribution >= 0.6 is 0 Å². The second-order valence-electron chi connectivity index (χ2n) is 3.02. The minimum Gasteiger partial charge on any atom is -0.480 e. The van der Waals surface area contributed by atoms with Crippen LogP contribution in [0.15, 0.2) is 0 Å². The number of ether oxygens (including phenoxy) is 1. The van der Waals surface area contributed by atoms with Gasteiger partial charge in [0.25, 0.3) is 0 Å². The summed E-state index contributed by atoms with van der Waals surface area (Å²) in [5.74, 6) is -1.42. The normalized spacial score (nSPS) is 12.6. The van der Waals surface area contributed by atoms with Crippen LogP contribution in [0.2, 0.25) is 0 Å². The molecule has 0 radical (unpaired) electrons. The van der Waals surface area contributed by atoms with Crippen LogP contribution < -0.4 is 5.32 Å². The van der Waals surface area contributed by atoms with E-state index in [0.717, 1.165) is 0 Å². The molecule has 0 aromatic heterocycles. The number of carbonyl (C=O) groups is 2. The van der Waals surface area contributed by atoms with Gasteiger partial charge in [-0.3, -0.25) is 14.9 Å². The summed E-state index contributed by atoms with van der Waals surface area (Å²) < 4.78 is 4.51. The van der Waals surface area contributed by atoms with Crippen molar-refractivity contribution >= 4 is 11.9 Å². The van der Waals surface area contributed by atoms with Crippen LogP contribution in [0.3, 0.4) is 0 Å². The summed E-state index contributed by atoms with van der Waals surface area (Å²) in [6.45, 7) is 3.39. The third kappa shape index (κ3) is 4.47. The first-order chi connectivity index (χ1) is 5.99. The number of aliphatic carboxylic acids is 1. The van der Waals surface area contributed by atoms with Crippen molar-refractivity contribution in [1.29, 1.82) is 0 Å². The number of nitrogens with one attached hydrogen (secondary N) is 1. The van der Waals surface area contributed by atoms with Gasteiger partial charge in [0, 0.05) is 0 Å². The van der Waals surface area contributed by atoms with E-state index in [4.69, 9.17) is 5.11 Å². The van der Waals surface area contributed by atoms with Crippen molar-refractivity contribution in [2.45, 2.75) is 19.9 Å². The van der Waals surface area contributed by atoms with Crippen LogP contribution in [-0.4, -0.2) is 36.7 Å². The molecule has 1 atom stereocenters. The van der Waals surface area contributed by atoms with Crippen molar-refractivity contribution in [3.8, 4) is 0 Å². The second-order valence-corrected chi connectivity index (χ2v) is 3.02. The molecule has 5 nitrogen and oxygen atoms in total. The standard InChI is InChI=1S/C8H15NO4/c1-5(2)7(8(12)13-3)9-4-6(10)11/h5,7,9H,4H2,1-3H3,(H,10,11)/t7-/m0/s1. The quantitative estimate of drug-likeness (QED) is 0.589. The third-order valence-corrected chi connectivity index (χ3v) is 1.59. The number of carboxylic acid groups (broad SMARTS) is 1. The van der Waals surface area contributed by atoms with E-state index in [-0.39, 0.29) is 12.5 Å². The first-order valence-corrected chi connectivity index (χ1v) is 4.02. The minimum atomic E-state index is -0.991. The first kappa shape index (κ1) is 11.9. The molecule has 0 aromatic carbocycles. The molecule has 5 heteroatoms. The molecule has 0 aliphatic heterocycles. The molecular formula is C8H15NO4. The fraction of sp³-hybridized carbons (Fsp3) is 0.750. The number of methoxy groups -OCH3 is 1. The largest absolute Gasteiger partial charge is 0.480 e. The lowest BCUT2D eigenvalue weighted by Gasteiger charge is -2.18. The summed E-state index contributed by atoms with van der Waals surface area (Å²) >= 11 is 0. The second kappa shape index (κ2) is 5.53. The Bertz CT molecular complexity index is 191. The van der Waals surface area contributed by atoms with E-state index in [1.807, 2.05) is 13.8 Å².